The van der Waals surface area contributed by atoms with Crippen molar-refractivity contribution < 1.29 is 19.5 Å². The van der Waals surface area contributed by atoms with E-state index in [1.807, 2.05) is 0 Å². The number of carboxylic acid groups (broad SMARTS) is 1. The van der Waals surface area contributed by atoms with Crippen LogP contribution in [0.4, 0.5) is 0 Å². The van der Waals surface area contributed by atoms with E-state index in [9.17, 15) is 14.4 Å². The maximum absolute atomic E-state index is 11.6. The summed E-state index contributed by atoms with van der Waals surface area (Å²) in [6.45, 7) is 3.48. The van der Waals surface area contributed by atoms with E-state index in [0.29, 0.717) is 13.0 Å². The van der Waals surface area contributed by atoms with Gasteiger partial charge < -0.3 is 21.5 Å². The van der Waals surface area contributed by atoms with Gasteiger partial charge in [0.25, 0.3) is 0 Å². The van der Waals surface area contributed by atoms with Crippen molar-refractivity contribution in [2.45, 2.75) is 51.6 Å². The number of unbranched alkanes of at least 4 members (excludes halogenated alkanes) is 2. The van der Waals surface area contributed by atoms with Crippen molar-refractivity contribution in [3.63, 3.8) is 0 Å². The zero-order chi connectivity index (χ0) is 14.8. The summed E-state index contributed by atoms with van der Waals surface area (Å²) in [5, 5.41) is 13.5. The largest absolute Gasteiger partial charge is 0.480 e. The molecular weight excluding hydrogens is 250 g/mol. The minimum atomic E-state index is -1.12. The zero-order valence-electron chi connectivity index (χ0n) is 11.4. The van der Waals surface area contributed by atoms with Crippen molar-refractivity contribution in [1.82, 2.24) is 10.6 Å². The van der Waals surface area contributed by atoms with Crippen LogP contribution < -0.4 is 16.4 Å². The highest BCUT2D eigenvalue weighted by atomic mass is 16.4. The van der Waals surface area contributed by atoms with E-state index in [-0.39, 0.29) is 5.91 Å². The average molecular weight is 273 g/mol. The molecule has 110 valence electrons. The summed E-state index contributed by atoms with van der Waals surface area (Å²) in [7, 11) is 0. The summed E-state index contributed by atoms with van der Waals surface area (Å²) in [4.78, 5) is 33.6. The van der Waals surface area contributed by atoms with Gasteiger partial charge in [0, 0.05) is 6.42 Å². The molecule has 0 saturated carbocycles. The van der Waals surface area contributed by atoms with Crippen LogP contribution in [0.25, 0.3) is 0 Å². The first-order valence-electron chi connectivity index (χ1n) is 6.41. The molecule has 0 aliphatic rings. The van der Waals surface area contributed by atoms with E-state index in [2.05, 4.69) is 10.6 Å². The van der Waals surface area contributed by atoms with Crippen LogP contribution in [0.2, 0.25) is 0 Å². The number of amides is 2. The van der Waals surface area contributed by atoms with Gasteiger partial charge >= 0.3 is 5.97 Å². The number of carbonyl (C=O) groups excluding carboxylic acids is 2. The third kappa shape index (κ3) is 8.15. The number of hydrogen-bond acceptors (Lipinski definition) is 4. The molecule has 7 nitrogen and oxygen atoms in total. The van der Waals surface area contributed by atoms with E-state index in [1.165, 1.54) is 13.8 Å². The molecular formula is C12H23N3O4. The molecule has 5 N–H and O–H groups in total. The van der Waals surface area contributed by atoms with Gasteiger partial charge in [-0.2, -0.15) is 0 Å². The van der Waals surface area contributed by atoms with Crippen LogP contribution in [0.5, 0.6) is 0 Å². The molecule has 0 unspecified atom stereocenters. The summed E-state index contributed by atoms with van der Waals surface area (Å²) >= 11 is 0. The third-order valence-corrected chi connectivity index (χ3v) is 2.61. The molecule has 0 aromatic carbocycles. The highest BCUT2D eigenvalue weighted by Crippen LogP contribution is 1.99. The minimum Gasteiger partial charge on any atom is -0.480 e. The van der Waals surface area contributed by atoms with Gasteiger partial charge in [-0.15, -0.1) is 0 Å². The van der Waals surface area contributed by atoms with Gasteiger partial charge in [0.05, 0.1) is 0 Å². The highest BCUT2D eigenvalue weighted by molar-refractivity contribution is 5.89. The maximum Gasteiger partial charge on any atom is 0.325 e. The first-order chi connectivity index (χ1) is 8.88. The lowest BCUT2D eigenvalue weighted by Gasteiger charge is -2.16. The number of nitrogens with one attached hydrogen (secondary N) is 2. The van der Waals surface area contributed by atoms with Crippen LogP contribution in [0.3, 0.4) is 0 Å². The van der Waals surface area contributed by atoms with Gasteiger partial charge in [-0.25, -0.2) is 0 Å². The fourth-order valence-corrected chi connectivity index (χ4v) is 1.39. The van der Waals surface area contributed by atoms with E-state index >= 15 is 0 Å². The van der Waals surface area contributed by atoms with Crippen LogP contribution in [0, 0.1) is 0 Å². The van der Waals surface area contributed by atoms with E-state index < -0.39 is 24.0 Å². The standard InChI is InChI=1S/C12H23N3O4/c1-8(11(17)15-9(2)12(18)19)14-10(16)6-4-3-5-7-13/h8-9H,3-7,13H2,1-2H3,(H,14,16)(H,15,17)(H,18,19)/t8-,9-/m1/s1. The second kappa shape index (κ2) is 9.32. The lowest BCUT2D eigenvalue weighted by atomic mass is 10.2. The Labute approximate surface area is 112 Å². The third-order valence-electron chi connectivity index (χ3n) is 2.61. The minimum absolute atomic E-state index is 0.220. The number of nitrogens with two attached hydrogens (primary N) is 1. The molecule has 0 radical (unpaired) electrons. The van der Waals surface area contributed by atoms with Crippen molar-refractivity contribution >= 4 is 17.8 Å². The number of carbonyl (C=O) groups is 3. The van der Waals surface area contributed by atoms with Crippen molar-refractivity contribution in [3.8, 4) is 0 Å². The molecule has 19 heavy (non-hydrogen) atoms. The lowest BCUT2D eigenvalue weighted by Crippen LogP contribution is -2.49. The molecule has 2 amide bonds. The molecule has 0 aliphatic carbocycles. The van der Waals surface area contributed by atoms with Crippen molar-refractivity contribution in [3.05, 3.63) is 0 Å². The summed E-state index contributed by atoms with van der Waals surface area (Å²) in [6, 6.07) is -1.72. The van der Waals surface area contributed by atoms with Gasteiger partial charge in [-0.3, -0.25) is 14.4 Å². The monoisotopic (exact) mass is 273 g/mol. The van der Waals surface area contributed by atoms with E-state index in [1.54, 1.807) is 0 Å². The van der Waals surface area contributed by atoms with Gasteiger partial charge in [-0.05, 0) is 33.2 Å². The Morgan fingerprint density at radius 2 is 1.68 bits per heavy atom. The Morgan fingerprint density at radius 3 is 2.21 bits per heavy atom. The lowest BCUT2D eigenvalue weighted by molar-refractivity contribution is -0.141. The molecule has 7 heteroatoms. The first-order valence-corrected chi connectivity index (χ1v) is 6.41. The number of rotatable bonds is 9. The van der Waals surface area contributed by atoms with Crippen molar-refractivity contribution in [2.75, 3.05) is 6.54 Å². The van der Waals surface area contributed by atoms with Crippen LogP contribution >= 0.6 is 0 Å². The fourth-order valence-electron chi connectivity index (χ4n) is 1.39. The van der Waals surface area contributed by atoms with Crippen LogP contribution in [-0.4, -0.2) is 41.5 Å². The Balaban J connectivity index is 3.94. The smallest absolute Gasteiger partial charge is 0.325 e. The first kappa shape index (κ1) is 17.4. The Hall–Kier alpha value is -1.63. The summed E-state index contributed by atoms with van der Waals surface area (Å²) in [5.41, 5.74) is 5.34. The molecule has 0 aromatic heterocycles. The average Bonchev–Trinajstić information content (AvgIpc) is 2.34. The summed E-state index contributed by atoms with van der Waals surface area (Å²) in [5.74, 6) is -1.85. The molecule has 0 aromatic rings. The normalized spacial score (nSPS) is 13.4. The van der Waals surface area contributed by atoms with Crippen LogP contribution in [0.1, 0.15) is 39.5 Å². The molecule has 2 atom stereocenters. The molecule has 0 fully saturated rings. The number of hydrogen-bond donors (Lipinski definition) is 4. The Morgan fingerprint density at radius 1 is 1.05 bits per heavy atom. The summed E-state index contributed by atoms with van der Waals surface area (Å²) < 4.78 is 0. The molecule has 0 rings (SSSR count). The molecule has 0 spiro atoms. The van der Waals surface area contributed by atoms with Gasteiger partial charge in [0.2, 0.25) is 11.8 Å². The van der Waals surface area contributed by atoms with Crippen molar-refractivity contribution in [2.24, 2.45) is 5.73 Å². The van der Waals surface area contributed by atoms with E-state index in [0.717, 1.165) is 19.3 Å². The van der Waals surface area contributed by atoms with Crippen molar-refractivity contribution in [1.29, 1.82) is 0 Å². The van der Waals surface area contributed by atoms with E-state index in [4.69, 9.17) is 10.8 Å². The van der Waals surface area contributed by atoms with Crippen LogP contribution in [0.15, 0.2) is 0 Å². The molecule has 0 aliphatic heterocycles. The summed E-state index contributed by atoms with van der Waals surface area (Å²) in [6.07, 6.45) is 2.81. The SMILES string of the molecule is C[C@@H](NC(=O)[C@@H](C)NC(=O)CCCCCN)C(=O)O. The van der Waals surface area contributed by atoms with Crippen LogP contribution in [-0.2, 0) is 14.4 Å². The second-order valence-electron chi connectivity index (χ2n) is 4.46. The highest BCUT2D eigenvalue weighted by Gasteiger charge is 2.19. The zero-order valence-corrected chi connectivity index (χ0v) is 11.4. The van der Waals surface area contributed by atoms with Gasteiger partial charge in [0.15, 0.2) is 0 Å². The maximum atomic E-state index is 11.6. The van der Waals surface area contributed by atoms with Gasteiger partial charge in [-0.1, -0.05) is 6.42 Å². The quantitative estimate of drug-likeness (QED) is 0.426. The number of aliphatic carboxylic acids is 1. The topological polar surface area (TPSA) is 122 Å². The Kier molecular flexibility index (Phi) is 8.52. The molecule has 0 bridgehead atoms. The predicted molar refractivity (Wildman–Crippen MR) is 70.4 cm³/mol. The molecule has 0 heterocycles. The van der Waals surface area contributed by atoms with Gasteiger partial charge in [0.1, 0.15) is 12.1 Å². The predicted octanol–water partition coefficient (Wildman–Crippen LogP) is -0.400. The second-order valence-corrected chi connectivity index (χ2v) is 4.46. The number of carboxylic acids is 1. The fraction of sp³-hybridized carbons (Fsp3) is 0.750. The Bertz CT molecular complexity index is 320. The molecule has 0 saturated heterocycles.